The SMILES string of the molecule is CCn1ncnc1COC(=O)c1ccc(N(C)C)c(N)c1. The minimum absolute atomic E-state index is 0.0853. The topological polar surface area (TPSA) is 86.3 Å². The normalized spacial score (nSPS) is 10.4. The van der Waals surface area contributed by atoms with E-state index in [2.05, 4.69) is 10.1 Å². The molecule has 0 saturated heterocycles. The molecule has 0 aliphatic rings. The van der Waals surface area contributed by atoms with Crippen molar-refractivity contribution in [2.75, 3.05) is 24.7 Å². The number of carbonyl (C=O) groups excluding carboxylic acids is 1. The maximum Gasteiger partial charge on any atom is 0.338 e. The second-order valence-electron chi connectivity index (χ2n) is 4.74. The Bertz CT molecular complexity index is 636. The second-order valence-corrected chi connectivity index (χ2v) is 4.74. The summed E-state index contributed by atoms with van der Waals surface area (Å²) < 4.78 is 6.92. The van der Waals surface area contributed by atoms with E-state index in [0.29, 0.717) is 23.6 Å². The lowest BCUT2D eigenvalue weighted by atomic mass is 10.1. The van der Waals surface area contributed by atoms with Crippen LogP contribution in [-0.4, -0.2) is 34.8 Å². The first kappa shape index (κ1) is 14.8. The molecule has 0 unspecified atom stereocenters. The number of nitrogens with two attached hydrogens (primary N) is 1. The number of aromatic nitrogens is 3. The molecule has 7 heteroatoms. The van der Waals surface area contributed by atoms with E-state index in [1.165, 1.54) is 6.33 Å². The fourth-order valence-electron chi connectivity index (χ4n) is 1.97. The summed E-state index contributed by atoms with van der Waals surface area (Å²) in [5.41, 5.74) is 7.73. The van der Waals surface area contributed by atoms with E-state index in [4.69, 9.17) is 10.5 Å². The Morgan fingerprint density at radius 2 is 2.19 bits per heavy atom. The average Bonchev–Trinajstić information content (AvgIpc) is 2.91. The third-order valence-corrected chi connectivity index (χ3v) is 3.07. The molecular weight excluding hydrogens is 270 g/mol. The van der Waals surface area contributed by atoms with Crippen molar-refractivity contribution < 1.29 is 9.53 Å². The number of esters is 1. The summed E-state index contributed by atoms with van der Waals surface area (Å²) in [6, 6.07) is 5.10. The van der Waals surface area contributed by atoms with Gasteiger partial charge in [-0.25, -0.2) is 14.5 Å². The van der Waals surface area contributed by atoms with Gasteiger partial charge in [0.15, 0.2) is 12.4 Å². The molecule has 0 saturated carbocycles. The van der Waals surface area contributed by atoms with Crippen molar-refractivity contribution in [2.24, 2.45) is 0 Å². The van der Waals surface area contributed by atoms with Crippen molar-refractivity contribution in [2.45, 2.75) is 20.1 Å². The quantitative estimate of drug-likeness (QED) is 0.659. The maximum atomic E-state index is 12.0. The third kappa shape index (κ3) is 3.31. The van der Waals surface area contributed by atoms with Gasteiger partial charge in [0.1, 0.15) is 6.33 Å². The Balaban J connectivity index is 2.05. The molecule has 0 aliphatic heterocycles. The largest absolute Gasteiger partial charge is 0.454 e. The van der Waals surface area contributed by atoms with E-state index < -0.39 is 5.97 Å². The molecule has 2 aromatic rings. The number of ether oxygens (including phenoxy) is 1. The molecular formula is C14H19N5O2. The van der Waals surface area contributed by atoms with Crippen LogP contribution >= 0.6 is 0 Å². The Hall–Kier alpha value is -2.57. The van der Waals surface area contributed by atoms with Crippen molar-refractivity contribution in [3.8, 4) is 0 Å². The molecule has 7 nitrogen and oxygen atoms in total. The number of anilines is 2. The number of aryl methyl sites for hydroxylation is 1. The molecule has 0 bridgehead atoms. The molecule has 2 N–H and O–H groups in total. The number of nitrogen functional groups attached to an aromatic ring is 1. The summed E-state index contributed by atoms with van der Waals surface area (Å²) in [6.45, 7) is 2.71. The first-order valence-corrected chi connectivity index (χ1v) is 6.63. The monoisotopic (exact) mass is 289 g/mol. The minimum atomic E-state index is -0.433. The Labute approximate surface area is 123 Å². The standard InChI is InChI=1S/C14H19N5O2/c1-4-19-13(16-9-17-19)8-21-14(20)10-5-6-12(18(2)3)11(15)7-10/h5-7,9H,4,8,15H2,1-3H3. The zero-order valence-electron chi connectivity index (χ0n) is 12.4. The van der Waals surface area contributed by atoms with Gasteiger partial charge in [-0.1, -0.05) is 0 Å². The maximum absolute atomic E-state index is 12.0. The molecule has 0 radical (unpaired) electrons. The highest BCUT2D eigenvalue weighted by molar-refractivity contribution is 5.92. The van der Waals surface area contributed by atoms with E-state index in [1.54, 1.807) is 22.9 Å². The Kier molecular flexibility index (Phi) is 4.42. The molecule has 0 spiro atoms. The van der Waals surface area contributed by atoms with Crippen molar-refractivity contribution in [1.29, 1.82) is 0 Å². The van der Waals surface area contributed by atoms with Gasteiger partial charge in [-0.2, -0.15) is 5.10 Å². The van der Waals surface area contributed by atoms with Gasteiger partial charge in [0.25, 0.3) is 0 Å². The number of benzene rings is 1. The van der Waals surface area contributed by atoms with Crippen molar-refractivity contribution in [3.63, 3.8) is 0 Å². The zero-order valence-corrected chi connectivity index (χ0v) is 12.4. The lowest BCUT2D eigenvalue weighted by Gasteiger charge is -2.15. The first-order valence-electron chi connectivity index (χ1n) is 6.63. The third-order valence-electron chi connectivity index (χ3n) is 3.07. The summed E-state index contributed by atoms with van der Waals surface area (Å²) in [4.78, 5) is 18.0. The molecule has 0 fully saturated rings. The zero-order chi connectivity index (χ0) is 15.4. The molecule has 112 valence electrons. The smallest absolute Gasteiger partial charge is 0.338 e. The molecule has 0 amide bonds. The van der Waals surface area contributed by atoms with Crippen molar-refractivity contribution >= 4 is 17.3 Å². The molecule has 21 heavy (non-hydrogen) atoms. The van der Waals surface area contributed by atoms with Crippen LogP contribution < -0.4 is 10.6 Å². The summed E-state index contributed by atoms with van der Waals surface area (Å²) in [5, 5.41) is 4.02. The van der Waals surface area contributed by atoms with Gasteiger partial charge in [-0.05, 0) is 25.1 Å². The number of hydrogen-bond acceptors (Lipinski definition) is 6. The van der Waals surface area contributed by atoms with Crippen LogP contribution in [0.25, 0.3) is 0 Å². The number of nitrogens with zero attached hydrogens (tertiary/aromatic N) is 4. The first-order chi connectivity index (χ1) is 10.0. The fourth-order valence-corrected chi connectivity index (χ4v) is 1.97. The average molecular weight is 289 g/mol. The molecule has 0 atom stereocenters. The van der Waals surface area contributed by atoms with Crippen LogP contribution in [0.5, 0.6) is 0 Å². The number of carbonyl (C=O) groups is 1. The van der Waals surface area contributed by atoms with Gasteiger partial charge in [-0.3, -0.25) is 0 Å². The molecule has 0 aliphatic carbocycles. The van der Waals surface area contributed by atoms with Gasteiger partial charge in [0.05, 0.1) is 16.9 Å². The van der Waals surface area contributed by atoms with Crippen LogP contribution in [-0.2, 0) is 17.9 Å². The minimum Gasteiger partial charge on any atom is -0.454 e. The predicted octanol–water partition coefficient (Wildman–Crippen LogP) is 1.30. The van der Waals surface area contributed by atoms with Crippen LogP contribution in [0.4, 0.5) is 11.4 Å². The summed E-state index contributed by atoms with van der Waals surface area (Å²) in [6.07, 6.45) is 1.44. The fraction of sp³-hybridized carbons (Fsp3) is 0.357. The van der Waals surface area contributed by atoms with Crippen LogP contribution in [0.1, 0.15) is 23.1 Å². The molecule has 1 aromatic heterocycles. The summed E-state index contributed by atoms with van der Waals surface area (Å²) in [5.74, 6) is 0.182. The van der Waals surface area contributed by atoms with Gasteiger partial charge >= 0.3 is 5.97 Å². The molecule has 1 heterocycles. The van der Waals surface area contributed by atoms with Crippen LogP contribution in [0.15, 0.2) is 24.5 Å². The van der Waals surface area contributed by atoms with Crippen molar-refractivity contribution in [3.05, 3.63) is 35.9 Å². The number of hydrogen-bond donors (Lipinski definition) is 1. The van der Waals surface area contributed by atoms with Crippen molar-refractivity contribution in [1.82, 2.24) is 14.8 Å². The Morgan fingerprint density at radius 3 is 2.81 bits per heavy atom. The van der Waals surface area contributed by atoms with Gasteiger partial charge in [0, 0.05) is 20.6 Å². The molecule has 2 rings (SSSR count). The van der Waals surface area contributed by atoms with Crippen LogP contribution in [0.2, 0.25) is 0 Å². The highest BCUT2D eigenvalue weighted by Crippen LogP contribution is 2.22. The second kappa shape index (κ2) is 6.25. The van der Waals surface area contributed by atoms with Gasteiger partial charge in [0.2, 0.25) is 0 Å². The van der Waals surface area contributed by atoms with Crippen LogP contribution in [0, 0.1) is 0 Å². The van der Waals surface area contributed by atoms with E-state index in [1.807, 2.05) is 25.9 Å². The lowest BCUT2D eigenvalue weighted by Crippen LogP contribution is -2.13. The summed E-state index contributed by atoms with van der Waals surface area (Å²) in [7, 11) is 3.78. The lowest BCUT2D eigenvalue weighted by molar-refractivity contribution is 0.0457. The highest BCUT2D eigenvalue weighted by atomic mass is 16.5. The predicted molar refractivity (Wildman–Crippen MR) is 80.0 cm³/mol. The van der Waals surface area contributed by atoms with Crippen LogP contribution in [0.3, 0.4) is 0 Å². The number of rotatable bonds is 5. The van der Waals surface area contributed by atoms with E-state index >= 15 is 0 Å². The van der Waals surface area contributed by atoms with Gasteiger partial charge < -0.3 is 15.4 Å². The highest BCUT2D eigenvalue weighted by Gasteiger charge is 2.12. The van der Waals surface area contributed by atoms with E-state index in [9.17, 15) is 4.79 Å². The van der Waals surface area contributed by atoms with Gasteiger partial charge in [-0.15, -0.1) is 0 Å². The van der Waals surface area contributed by atoms with E-state index in [0.717, 1.165) is 5.69 Å². The van der Waals surface area contributed by atoms with E-state index in [-0.39, 0.29) is 6.61 Å². The summed E-state index contributed by atoms with van der Waals surface area (Å²) >= 11 is 0. The molecule has 1 aromatic carbocycles. The Morgan fingerprint density at radius 1 is 1.43 bits per heavy atom.